The van der Waals surface area contributed by atoms with Crippen LogP contribution in [-0.2, 0) is 0 Å². The van der Waals surface area contributed by atoms with Gasteiger partial charge < -0.3 is 11.1 Å². The number of piperidine rings is 1. The average molecular weight is 317 g/mol. The molecule has 1 aliphatic carbocycles. The number of rotatable bonds is 5. The minimum absolute atomic E-state index is 0.214. The van der Waals surface area contributed by atoms with Gasteiger partial charge in [-0.25, -0.2) is 4.98 Å². The summed E-state index contributed by atoms with van der Waals surface area (Å²) in [6.45, 7) is 3.27. The first-order valence-corrected chi connectivity index (χ1v) is 8.80. The van der Waals surface area contributed by atoms with E-state index in [2.05, 4.69) is 20.2 Å². The molecule has 23 heavy (non-hydrogen) atoms. The molecule has 0 radical (unpaired) electrons. The van der Waals surface area contributed by atoms with E-state index in [1.54, 1.807) is 6.20 Å². The van der Waals surface area contributed by atoms with Crippen LogP contribution in [0.5, 0.6) is 0 Å². The molecule has 1 saturated heterocycles. The van der Waals surface area contributed by atoms with Gasteiger partial charge in [-0.3, -0.25) is 14.7 Å². The number of anilines is 1. The highest BCUT2D eigenvalue weighted by Crippen LogP contribution is 2.35. The van der Waals surface area contributed by atoms with Crippen molar-refractivity contribution in [1.29, 1.82) is 0 Å². The molecule has 3 N–H and O–H groups in total. The van der Waals surface area contributed by atoms with E-state index in [-0.39, 0.29) is 11.2 Å². The van der Waals surface area contributed by atoms with E-state index in [0.29, 0.717) is 5.82 Å². The van der Waals surface area contributed by atoms with Gasteiger partial charge >= 0.3 is 0 Å². The quantitative estimate of drug-likeness (QED) is 0.869. The molecular formula is C17H27N5O. The Hall–Kier alpha value is -1.69. The molecule has 0 atom stereocenters. The monoisotopic (exact) mass is 317 g/mol. The molecule has 0 bridgehead atoms. The maximum Gasteiger partial charge on any atom is 0.268 e. The molecule has 126 valence electrons. The van der Waals surface area contributed by atoms with Crippen molar-refractivity contribution >= 4 is 11.7 Å². The van der Waals surface area contributed by atoms with Crippen molar-refractivity contribution in [2.75, 3.05) is 25.0 Å². The van der Waals surface area contributed by atoms with Gasteiger partial charge in [0.15, 0.2) is 0 Å². The van der Waals surface area contributed by atoms with Crippen LogP contribution in [0.2, 0.25) is 0 Å². The normalized spacial score (nSPS) is 21.7. The van der Waals surface area contributed by atoms with Gasteiger partial charge in [-0.1, -0.05) is 25.7 Å². The van der Waals surface area contributed by atoms with Crippen LogP contribution in [0.25, 0.3) is 0 Å². The summed E-state index contributed by atoms with van der Waals surface area (Å²) in [7, 11) is 0. The number of nitrogens with two attached hydrogens (primary N) is 1. The predicted octanol–water partition coefficient (Wildman–Crippen LogP) is 2.18. The fourth-order valence-electron chi connectivity index (χ4n) is 4.01. The zero-order valence-corrected chi connectivity index (χ0v) is 13.8. The van der Waals surface area contributed by atoms with Gasteiger partial charge in [-0.2, -0.15) is 0 Å². The molecule has 1 amide bonds. The standard InChI is InChI=1S/C17H27N5O/c18-16(23)14-11-19-12-15(21-14)20-13-17(7-3-1-4-8-17)22-9-5-2-6-10-22/h11-12H,1-10,13H2,(H2,18,23)(H,20,21). The minimum atomic E-state index is -0.537. The summed E-state index contributed by atoms with van der Waals surface area (Å²) < 4.78 is 0. The first kappa shape index (κ1) is 16.2. The summed E-state index contributed by atoms with van der Waals surface area (Å²) in [6.07, 6.45) is 13.5. The number of hydrogen-bond acceptors (Lipinski definition) is 5. The van der Waals surface area contributed by atoms with Crippen LogP contribution < -0.4 is 11.1 Å². The van der Waals surface area contributed by atoms with E-state index in [4.69, 9.17) is 5.73 Å². The fraction of sp³-hybridized carbons (Fsp3) is 0.706. The molecule has 0 spiro atoms. The van der Waals surface area contributed by atoms with Crippen molar-refractivity contribution in [2.24, 2.45) is 5.73 Å². The predicted molar refractivity (Wildman–Crippen MR) is 90.3 cm³/mol. The number of primary amides is 1. The Labute approximate surface area is 137 Å². The molecule has 0 aromatic carbocycles. The molecule has 2 fully saturated rings. The van der Waals surface area contributed by atoms with Crippen LogP contribution in [0.15, 0.2) is 12.4 Å². The number of carbonyl (C=O) groups excluding carboxylic acids is 1. The molecule has 1 aromatic heterocycles. The molecule has 1 saturated carbocycles. The second-order valence-electron chi connectivity index (χ2n) is 6.84. The molecule has 2 aliphatic rings. The molecule has 1 aromatic rings. The molecule has 6 heteroatoms. The van der Waals surface area contributed by atoms with Crippen LogP contribution in [0.1, 0.15) is 61.9 Å². The third-order valence-electron chi connectivity index (χ3n) is 5.30. The second kappa shape index (κ2) is 7.25. The van der Waals surface area contributed by atoms with Crippen molar-refractivity contribution in [3.63, 3.8) is 0 Å². The van der Waals surface area contributed by atoms with Gasteiger partial charge in [0.05, 0.1) is 12.4 Å². The summed E-state index contributed by atoms with van der Waals surface area (Å²) in [5.41, 5.74) is 5.73. The third-order valence-corrected chi connectivity index (χ3v) is 5.30. The zero-order valence-electron chi connectivity index (χ0n) is 13.8. The van der Waals surface area contributed by atoms with Gasteiger partial charge in [0.1, 0.15) is 11.5 Å². The lowest BCUT2D eigenvalue weighted by Gasteiger charge is -2.48. The summed E-state index contributed by atoms with van der Waals surface area (Å²) in [4.78, 5) is 22.3. The number of nitrogens with zero attached hydrogens (tertiary/aromatic N) is 3. The van der Waals surface area contributed by atoms with E-state index in [9.17, 15) is 4.79 Å². The number of amides is 1. The molecular weight excluding hydrogens is 290 g/mol. The van der Waals surface area contributed by atoms with Crippen molar-refractivity contribution in [1.82, 2.24) is 14.9 Å². The molecule has 6 nitrogen and oxygen atoms in total. The van der Waals surface area contributed by atoms with E-state index in [0.717, 1.165) is 6.54 Å². The van der Waals surface area contributed by atoms with E-state index < -0.39 is 5.91 Å². The Morgan fingerprint density at radius 1 is 1.13 bits per heavy atom. The SMILES string of the molecule is NC(=O)c1cncc(NCC2(N3CCCCC3)CCCCC2)n1. The fourth-order valence-corrected chi connectivity index (χ4v) is 4.01. The van der Waals surface area contributed by atoms with Gasteiger partial charge in [-0.05, 0) is 38.8 Å². The second-order valence-corrected chi connectivity index (χ2v) is 6.84. The van der Waals surface area contributed by atoms with Crippen LogP contribution in [0.4, 0.5) is 5.82 Å². The van der Waals surface area contributed by atoms with Gasteiger partial charge in [-0.15, -0.1) is 0 Å². The molecule has 3 rings (SSSR count). The Morgan fingerprint density at radius 2 is 1.83 bits per heavy atom. The first-order valence-electron chi connectivity index (χ1n) is 8.80. The van der Waals surface area contributed by atoms with Crippen molar-refractivity contribution in [2.45, 2.75) is 56.9 Å². The Kier molecular flexibility index (Phi) is 5.10. The lowest BCUT2D eigenvalue weighted by molar-refractivity contribution is 0.0437. The maximum atomic E-state index is 11.3. The van der Waals surface area contributed by atoms with E-state index in [1.165, 1.54) is 70.7 Å². The van der Waals surface area contributed by atoms with Crippen LogP contribution in [0.3, 0.4) is 0 Å². The van der Waals surface area contributed by atoms with Crippen LogP contribution >= 0.6 is 0 Å². The maximum absolute atomic E-state index is 11.3. The van der Waals surface area contributed by atoms with E-state index in [1.807, 2.05) is 0 Å². The lowest BCUT2D eigenvalue weighted by Crippen LogP contribution is -2.56. The average Bonchev–Trinajstić information content (AvgIpc) is 2.62. The van der Waals surface area contributed by atoms with Gasteiger partial charge in [0.2, 0.25) is 0 Å². The topological polar surface area (TPSA) is 84.1 Å². The Bertz CT molecular complexity index is 536. The molecule has 1 aliphatic heterocycles. The van der Waals surface area contributed by atoms with Crippen LogP contribution in [0, 0.1) is 0 Å². The molecule has 2 heterocycles. The minimum Gasteiger partial charge on any atom is -0.367 e. The lowest BCUT2D eigenvalue weighted by atomic mass is 9.79. The zero-order chi connectivity index (χ0) is 16.1. The summed E-state index contributed by atoms with van der Waals surface area (Å²) in [5.74, 6) is 0.104. The van der Waals surface area contributed by atoms with Crippen molar-refractivity contribution in [3.8, 4) is 0 Å². The highest BCUT2D eigenvalue weighted by Gasteiger charge is 2.38. The molecule has 0 unspecified atom stereocenters. The summed E-state index contributed by atoms with van der Waals surface area (Å²) in [5, 5.41) is 3.42. The summed E-state index contributed by atoms with van der Waals surface area (Å²) in [6, 6.07) is 0. The first-order chi connectivity index (χ1) is 11.2. The Morgan fingerprint density at radius 3 is 2.52 bits per heavy atom. The summed E-state index contributed by atoms with van der Waals surface area (Å²) >= 11 is 0. The number of nitrogens with one attached hydrogen (secondary N) is 1. The Balaban J connectivity index is 1.71. The smallest absolute Gasteiger partial charge is 0.268 e. The van der Waals surface area contributed by atoms with Crippen molar-refractivity contribution < 1.29 is 4.79 Å². The largest absolute Gasteiger partial charge is 0.367 e. The third kappa shape index (κ3) is 3.80. The van der Waals surface area contributed by atoms with Gasteiger partial charge in [0.25, 0.3) is 5.91 Å². The number of likely N-dealkylation sites (tertiary alicyclic amines) is 1. The number of aromatic nitrogens is 2. The highest BCUT2D eigenvalue weighted by atomic mass is 16.1. The van der Waals surface area contributed by atoms with E-state index >= 15 is 0 Å². The van der Waals surface area contributed by atoms with Crippen molar-refractivity contribution in [3.05, 3.63) is 18.1 Å². The van der Waals surface area contributed by atoms with Gasteiger partial charge in [0, 0.05) is 12.1 Å². The number of hydrogen-bond donors (Lipinski definition) is 2. The van der Waals surface area contributed by atoms with Crippen LogP contribution in [-0.4, -0.2) is 45.9 Å². The highest BCUT2D eigenvalue weighted by molar-refractivity contribution is 5.90. The number of carbonyl (C=O) groups is 1.